The molecule has 9 heteroatoms. The summed E-state index contributed by atoms with van der Waals surface area (Å²) in [4.78, 5) is 19.0. The van der Waals surface area contributed by atoms with E-state index in [1.165, 1.54) is 13.2 Å². The highest BCUT2D eigenvalue weighted by molar-refractivity contribution is 6.32. The number of hydrogen-bond donors (Lipinski definition) is 1. The number of hydrogen-bond acceptors (Lipinski definition) is 4. The number of pyridine rings is 1. The van der Waals surface area contributed by atoms with Crippen LogP contribution in [0.1, 0.15) is 34.1 Å². The summed E-state index contributed by atoms with van der Waals surface area (Å²) >= 11 is 6.18. The molecule has 0 saturated carbocycles. The van der Waals surface area contributed by atoms with Crippen molar-refractivity contribution in [3.8, 4) is 5.75 Å². The van der Waals surface area contributed by atoms with Gasteiger partial charge in [0.05, 0.1) is 46.7 Å². The predicted octanol–water partition coefficient (Wildman–Crippen LogP) is 5.50. The van der Waals surface area contributed by atoms with Crippen LogP contribution in [-0.4, -0.2) is 29.4 Å². The number of nitrogens with one attached hydrogen (secondary N) is 1. The molecule has 0 saturated heterocycles. The lowest BCUT2D eigenvalue weighted by Crippen LogP contribution is -2.23. The normalized spacial score (nSPS) is 13.6. The number of ether oxygens (including phenoxy) is 1. The largest absolute Gasteiger partial charge is 0.495 e. The summed E-state index contributed by atoms with van der Waals surface area (Å²) in [6, 6.07) is 8.59. The highest BCUT2D eigenvalue weighted by Crippen LogP contribution is 2.38. The fourth-order valence-electron chi connectivity index (χ4n) is 3.70. The first kappa shape index (κ1) is 21.2. The van der Waals surface area contributed by atoms with Gasteiger partial charge < -0.3 is 15.0 Å². The van der Waals surface area contributed by atoms with Gasteiger partial charge in [0.15, 0.2) is 0 Å². The van der Waals surface area contributed by atoms with E-state index in [4.69, 9.17) is 16.3 Å². The lowest BCUT2D eigenvalue weighted by molar-refractivity contribution is -0.137. The standard InChI is InChI=1S/C22H19ClF3N3O2/c1-3-29-11-17-19(21(29)30)20(27-10-12-4-7-18(31-2)15(23)8-12)14-9-13(22(24,25)26)5-6-16(14)28-17/h4-9H,3,10-11H2,1-2H3,(H,27,28). The molecule has 4 rings (SSSR count). The molecule has 162 valence electrons. The zero-order chi connectivity index (χ0) is 22.3. The Morgan fingerprint density at radius 3 is 2.65 bits per heavy atom. The number of carbonyl (C=O) groups is 1. The second-order valence-electron chi connectivity index (χ2n) is 7.18. The number of rotatable bonds is 5. The zero-order valence-corrected chi connectivity index (χ0v) is 17.6. The van der Waals surface area contributed by atoms with Gasteiger partial charge in [0, 0.05) is 18.5 Å². The van der Waals surface area contributed by atoms with Crippen LogP contribution in [0.4, 0.5) is 18.9 Å². The topological polar surface area (TPSA) is 54.5 Å². The molecule has 0 radical (unpaired) electrons. The number of aromatic nitrogens is 1. The molecule has 5 nitrogen and oxygen atoms in total. The molecule has 31 heavy (non-hydrogen) atoms. The van der Waals surface area contributed by atoms with Crippen LogP contribution in [0.2, 0.25) is 5.02 Å². The number of methoxy groups -OCH3 is 1. The van der Waals surface area contributed by atoms with Crippen molar-refractivity contribution < 1.29 is 22.7 Å². The van der Waals surface area contributed by atoms with Crippen molar-refractivity contribution in [2.75, 3.05) is 19.0 Å². The van der Waals surface area contributed by atoms with Gasteiger partial charge in [-0.2, -0.15) is 13.2 Å². The Balaban J connectivity index is 1.82. The highest BCUT2D eigenvalue weighted by atomic mass is 35.5. The van der Waals surface area contributed by atoms with Crippen LogP contribution in [0, 0.1) is 0 Å². The Hall–Kier alpha value is -3.00. The van der Waals surface area contributed by atoms with E-state index in [0.29, 0.717) is 46.3 Å². The van der Waals surface area contributed by atoms with Crippen molar-refractivity contribution in [2.24, 2.45) is 0 Å². The van der Waals surface area contributed by atoms with Gasteiger partial charge in [-0.3, -0.25) is 4.79 Å². The SMILES string of the molecule is CCN1Cc2nc3ccc(C(F)(F)F)cc3c(NCc3ccc(OC)c(Cl)c3)c2C1=O. The molecule has 0 fully saturated rings. The minimum atomic E-state index is -4.51. The Morgan fingerprint density at radius 2 is 2.00 bits per heavy atom. The van der Waals surface area contributed by atoms with Crippen LogP contribution >= 0.6 is 11.6 Å². The van der Waals surface area contributed by atoms with E-state index in [-0.39, 0.29) is 17.8 Å². The molecule has 0 atom stereocenters. The van der Waals surface area contributed by atoms with Gasteiger partial charge >= 0.3 is 6.18 Å². The van der Waals surface area contributed by atoms with Gasteiger partial charge in [0.25, 0.3) is 5.91 Å². The van der Waals surface area contributed by atoms with Crippen molar-refractivity contribution in [2.45, 2.75) is 26.2 Å². The van der Waals surface area contributed by atoms with Crippen molar-refractivity contribution in [1.29, 1.82) is 0 Å². The first-order valence-electron chi connectivity index (χ1n) is 9.62. The molecular weight excluding hydrogens is 431 g/mol. The third-order valence-electron chi connectivity index (χ3n) is 5.30. The fraction of sp³-hybridized carbons (Fsp3) is 0.273. The van der Waals surface area contributed by atoms with E-state index < -0.39 is 11.7 Å². The maximum absolute atomic E-state index is 13.3. The van der Waals surface area contributed by atoms with Crippen LogP contribution in [0.3, 0.4) is 0 Å². The Morgan fingerprint density at radius 1 is 1.23 bits per heavy atom. The maximum Gasteiger partial charge on any atom is 0.416 e. The monoisotopic (exact) mass is 449 g/mol. The smallest absolute Gasteiger partial charge is 0.416 e. The van der Waals surface area contributed by atoms with Crippen molar-refractivity contribution in [3.05, 3.63) is 63.8 Å². The summed E-state index contributed by atoms with van der Waals surface area (Å²) in [5, 5.41) is 3.83. The molecule has 2 aromatic carbocycles. The van der Waals surface area contributed by atoms with Gasteiger partial charge in [-0.1, -0.05) is 17.7 Å². The van der Waals surface area contributed by atoms with Crippen LogP contribution in [-0.2, 0) is 19.3 Å². The van der Waals surface area contributed by atoms with E-state index in [1.54, 1.807) is 23.1 Å². The van der Waals surface area contributed by atoms with Crippen LogP contribution < -0.4 is 10.1 Å². The number of amides is 1. The number of carbonyl (C=O) groups excluding carboxylic acids is 1. The number of alkyl halides is 3. The van der Waals surface area contributed by atoms with E-state index >= 15 is 0 Å². The summed E-state index contributed by atoms with van der Waals surface area (Å²) in [7, 11) is 1.51. The molecular formula is C22H19ClF3N3O2. The predicted molar refractivity (Wildman–Crippen MR) is 112 cm³/mol. The van der Waals surface area contributed by atoms with Gasteiger partial charge in [-0.15, -0.1) is 0 Å². The minimum Gasteiger partial charge on any atom is -0.495 e. The van der Waals surface area contributed by atoms with Gasteiger partial charge in [-0.05, 0) is 42.8 Å². The first-order chi connectivity index (χ1) is 14.7. The zero-order valence-electron chi connectivity index (χ0n) is 16.8. The fourth-order valence-corrected chi connectivity index (χ4v) is 3.98. The minimum absolute atomic E-state index is 0.250. The van der Waals surface area contributed by atoms with Crippen molar-refractivity contribution in [1.82, 2.24) is 9.88 Å². The number of benzene rings is 2. The van der Waals surface area contributed by atoms with E-state index in [1.807, 2.05) is 6.92 Å². The summed E-state index contributed by atoms with van der Waals surface area (Å²) in [5.41, 5.74) is 1.60. The highest BCUT2D eigenvalue weighted by Gasteiger charge is 2.34. The Kier molecular flexibility index (Phi) is 5.43. The second kappa shape index (κ2) is 7.92. The first-order valence-corrected chi connectivity index (χ1v) is 10.00. The van der Waals surface area contributed by atoms with E-state index in [0.717, 1.165) is 17.7 Å². The molecule has 3 aromatic rings. The molecule has 1 aliphatic rings. The molecule has 1 aromatic heterocycles. The Bertz CT molecular complexity index is 1180. The third-order valence-corrected chi connectivity index (χ3v) is 5.59. The van der Waals surface area contributed by atoms with Crippen LogP contribution in [0.25, 0.3) is 10.9 Å². The molecule has 1 aliphatic heterocycles. The summed E-state index contributed by atoms with van der Waals surface area (Å²) in [5.74, 6) is 0.267. The summed E-state index contributed by atoms with van der Waals surface area (Å²) in [6.07, 6.45) is -4.51. The molecule has 0 bridgehead atoms. The lowest BCUT2D eigenvalue weighted by atomic mass is 10.0. The summed E-state index contributed by atoms with van der Waals surface area (Å²) in [6.45, 7) is 2.90. The van der Waals surface area contributed by atoms with E-state index in [9.17, 15) is 18.0 Å². The van der Waals surface area contributed by atoms with Gasteiger partial charge in [0.1, 0.15) is 5.75 Å². The average Bonchev–Trinajstić information content (AvgIpc) is 3.05. The second-order valence-corrected chi connectivity index (χ2v) is 7.59. The lowest BCUT2D eigenvalue weighted by Gasteiger charge is -2.16. The van der Waals surface area contributed by atoms with Gasteiger partial charge in [0.2, 0.25) is 0 Å². The molecule has 0 aliphatic carbocycles. The molecule has 2 heterocycles. The van der Waals surface area contributed by atoms with Crippen molar-refractivity contribution in [3.63, 3.8) is 0 Å². The molecule has 1 N–H and O–H groups in total. The van der Waals surface area contributed by atoms with Crippen molar-refractivity contribution >= 4 is 34.1 Å². The molecule has 0 spiro atoms. The third kappa shape index (κ3) is 3.87. The number of nitrogens with zero attached hydrogens (tertiary/aromatic N) is 2. The number of fused-ring (bicyclic) bond motifs is 2. The number of anilines is 1. The quantitative estimate of drug-likeness (QED) is 0.558. The molecule has 0 unspecified atom stereocenters. The Labute approximate surface area is 181 Å². The summed E-state index contributed by atoms with van der Waals surface area (Å²) < 4.78 is 45.2. The number of halogens is 4. The van der Waals surface area contributed by atoms with Crippen LogP contribution in [0.5, 0.6) is 5.75 Å². The van der Waals surface area contributed by atoms with Gasteiger partial charge in [-0.25, -0.2) is 4.98 Å². The van der Waals surface area contributed by atoms with E-state index in [2.05, 4.69) is 10.3 Å². The maximum atomic E-state index is 13.3. The van der Waals surface area contributed by atoms with Crippen LogP contribution in [0.15, 0.2) is 36.4 Å². The molecule has 1 amide bonds. The average molecular weight is 450 g/mol.